The summed E-state index contributed by atoms with van der Waals surface area (Å²) < 4.78 is 5.38. The van der Waals surface area contributed by atoms with Crippen LogP contribution in [0.25, 0.3) is 0 Å². The molecule has 0 aliphatic carbocycles. The van der Waals surface area contributed by atoms with Crippen molar-refractivity contribution in [3.05, 3.63) is 11.8 Å². The standard InChI is InChI=1S/C10H13N3O4/c1-5-2-3-7(17-5)9(14)11-8-4-6(10(15)16)12-13-8/h4-5,7H,2-3H2,1H3,(H,15,16)(H2,11,12,13,14). The Morgan fingerprint density at radius 2 is 2.35 bits per heavy atom. The third-order valence-corrected chi connectivity index (χ3v) is 2.58. The molecule has 92 valence electrons. The predicted molar refractivity (Wildman–Crippen MR) is 57.7 cm³/mol. The summed E-state index contributed by atoms with van der Waals surface area (Å²) in [6.45, 7) is 1.91. The number of anilines is 1. The number of nitrogens with one attached hydrogen (secondary N) is 2. The van der Waals surface area contributed by atoms with E-state index in [1.807, 2.05) is 6.92 Å². The van der Waals surface area contributed by atoms with E-state index >= 15 is 0 Å². The smallest absolute Gasteiger partial charge is 0.353 e. The van der Waals surface area contributed by atoms with Gasteiger partial charge in [0.1, 0.15) is 11.8 Å². The molecule has 3 N–H and O–H groups in total. The largest absolute Gasteiger partial charge is 0.477 e. The van der Waals surface area contributed by atoms with Crippen LogP contribution in [0.15, 0.2) is 6.07 Å². The molecule has 1 amide bonds. The maximum Gasteiger partial charge on any atom is 0.353 e. The number of carboxylic acids is 1. The molecule has 2 heterocycles. The number of hydrogen-bond donors (Lipinski definition) is 3. The molecule has 7 nitrogen and oxygen atoms in total. The number of carbonyl (C=O) groups is 2. The monoisotopic (exact) mass is 239 g/mol. The summed E-state index contributed by atoms with van der Waals surface area (Å²) in [5.41, 5.74) is -0.0685. The van der Waals surface area contributed by atoms with E-state index in [2.05, 4.69) is 15.5 Å². The van der Waals surface area contributed by atoms with Gasteiger partial charge in [-0.05, 0) is 19.8 Å². The van der Waals surface area contributed by atoms with Crippen LogP contribution in [0.2, 0.25) is 0 Å². The number of nitrogens with zero attached hydrogens (tertiary/aromatic N) is 1. The molecular weight excluding hydrogens is 226 g/mol. The second kappa shape index (κ2) is 4.54. The topological polar surface area (TPSA) is 104 Å². The highest BCUT2D eigenvalue weighted by atomic mass is 16.5. The quantitative estimate of drug-likeness (QED) is 0.717. The Kier molecular flexibility index (Phi) is 3.10. The van der Waals surface area contributed by atoms with Gasteiger partial charge < -0.3 is 15.2 Å². The lowest BCUT2D eigenvalue weighted by atomic mass is 10.2. The number of carbonyl (C=O) groups excluding carboxylic acids is 1. The van der Waals surface area contributed by atoms with Gasteiger partial charge in [0.25, 0.3) is 5.91 Å². The fraction of sp³-hybridized carbons (Fsp3) is 0.500. The van der Waals surface area contributed by atoms with Gasteiger partial charge in [0.05, 0.1) is 6.10 Å². The fourth-order valence-corrected chi connectivity index (χ4v) is 1.70. The molecule has 2 unspecified atom stereocenters. The Morgan fingerprint density at radius 1 is 1.59 bits per heavy atom. The van der Waals surface area contributed by atoms with Crippen molar-refractivity contribution in [3.8, 4) is 0 Å². The van der Waals surface area contributed by atoms with Crippen molar-refractivity contribution in [1.29, 1.82) is 0 Å². The zero-order valence-corrected chi connectivity index (χ0v) is 9.27. The highest BCUT2D eigenvalue weighted by Gasteiger charge is 2.28. The highest BCUT2D eigenvalue weighted by molar-refractivity contribution is 5.94. The van der Waals surface area contributed by atoms with Gasteiger partial charge in [-0.25, -0.2) is 4.79 Å². The lowest BCUT2D eigenvalue weighted by Crippen LogP contribution is -2.27. The number of rotatable bonds is 3. The number of aromatic amines is 1. The molecule has 2 rings (SSSR count). The molecule has 1 saturated heterocycles. The Morgan fingerprint density at radius 3 is 2.88 bits per heavy atom. The normalized spacial score (nSPS) is 23.6. The van der Waals surface area contributed by atoms with Crippen LogP contribution >= 0.6 is 0 Å². The number of H-pyrrole nitrogens is 1. The van der Waals surface area contributed by atoms with Gasteiger partial charge in [0.15, 0.2) is 5.82 Å². The summed E-state index contributed by atoms with van der Waals surface area (Å²) in [4.78, 5) is 22.3. The molecule has 0 saturated carbocycles. The van der Waals surface area contributed by atoms with E-state index < -0.39 is 12.1 Å². The highest BCUT2D eigenvalue weighted by Crippen LogP contribution is 2.20. The number of hydrogen-bond acceptors (Lipinski definition) is 4. The Balaban J connectivity index is 1.96. The van der Waals surface area contributed by atoms with Gasteiger partial charge in [0.2, 0.25) is 0 Å². The van der Waals surface area contributed by atoms with E-state index in [-0.39, 0.29) is 23.5 Å². The second-order valence-electron chi connectivity index (χ2n) is 3.97. The summed E-state index contributed by atoms with van der Waals surface area (Å²) >= 11 is 0. The van der Waals surface area contributed by atoms with Crippen molar-refractivity contribution in [2.45, 2.75) is 32.0 Å². The Labute approximate surface area is 97.2 Å². The average Bonchev–Trinajstić information content (AvgIpc) is 2.86. The molecular formula is C10H13N3O4. The first kappa shape index (κ1) is 11.6. The van der Waals surface area contributed by atoms with Gasteiger partial charge in [-0.1, -0.05) is 0 Å². The summed E-state index contributed by atoms with van der Waals surface area (Å²) in [6, 6.07) is 1.26. The minimum Gasteiger partial charge on any atom is -0.477 e. The van der Waals surface area contributed by atoms with Crippen LogP contribution in [-0.4, -0.2) is 39.4 Å². The number of amides is 1. The number of aromatic nitrogens is 2. The minimum atomic E-state index is -1.12. The Hall–Kier alpha value is -1.89. The molecule has 2 atom stereocenters. The fourth-order valence-electron chi connectivity index (χ4n) is 1.70. The summed E-state index contributed by atoms with van der Waals surface area (Å²) in [6.07, 6.45) is 1.12. The SMILES string of the molecule is CC1CCC(C(=O)Nc2cc(C(=O)O)[nH]n2)O1. The van der Waals surface area contributed by atoms with Crippen LogP contribution < -0.4 is 5.32 Å². The van der Waals surface area contributed by atoms with Gasteiger partial charge in [-0.3, -0.25) is 9.89 Å². The molecule has 1 aromatic heterocycles. The Bertz CT molecular complexity index is 443. The van der Waals surface area contributed by atoms with Gasteiger partial charge in [-0.2, -0.15) is 5.10 Å². The van der Waals surface area contributed by atoms with E-state index in [0.717, 1.165) is 6.42 Å². The number of ether oxygens (including phenoxy) is 1. The maximum absolute atomic E-state index is 11.7. The van der Waals surface area contributed by atoms with E-state index in [4.69, 9.17) is 9.84 Å². The first-order valence-electron chi connectivity index (χ1n) is 5.31. The van der Waals surface area contributed by atoms with Crippen LogP contribution in [-0.2, 0) is 9.53 Å². The lowest BCUT2D eigenvalue weighted by Gasteiger charge is -2.09. The van der Waals surface area contributed by atoms with Crippen molar-refractivity contribution >= 4 is 17.7 Å². The lowest BCUT2D eigenvalue weighted by molar-refractivity contribution is -0.126. The zero-order valence-electron chi connectivity index (χ0n) is 9.27. The van der Waals surface area contributed by atoms with Crippen LogP contribution in [0.3, 0.4) is 0 Å². The van der Waals surface area contributed by atoms with Crippen molar-refractivity contribution in [3.63, 3.8) is 0 Å². The zero-order chi connectivity index (χ0) is 12.4. The summed E-state index contributed by atoms with van der Waals surface area (Å²) in [7, 11) is 0. The summed E-state index contributed by atoms with van der Waals surface area (Å²) in [5.74, 6) is -1.22. The molecule has 0 aromatic carbocycles. The number of carboxylic acid groups (broad SMARTS) is 1. The molecule has 0 bridgehead atoms. The first-order chi connectivity index (χ1) is 8.06. The van der Waals surface area contributed by atoms with E-state index in [0.29, 0.717) is 6.42 Å². The maximum atomic E-state index is 11.7. The average molecular weight is 239 g/mol. The van der Waals surface area contributed by atoms with Crippen molar-refractivity contribution in [1.82, 2.24) is 10.2 Å². The van der Waals surface area contributed by atoms with Gasteiger partial charge in [0, 0.05) is 6.07 Å². The van der Waals surface area contributed by atoms with E-state index in [1.165, 1.54) is 6.07 Å². The molecule has 0 spiro atoms. The number of aromatic carboxylic acids is 1. The van der Waals surface area contributed by atoms with Gasteiger partial charge >= 0.3 is 5.97 Å². The molecule has 1 aromatic rings. The van der Waals surface area contributed by atoms with Crippen LogP contribution in [0, 0.1) is 0 Å². The van der Waals surface area contributed by atoms with Crippen LogP contribution in [0.5, 0.6) is 0 Å². The van der Waals surface area contributed by atoms with Crippen molar-refractivity contribution < 1.29 is 19.4 Å². The van der Waals surface area contributed by atoms with E-state index in [9.17, 15) is 9.59 Å². The molecule has 1 aliphatic rings. The van der Waals surface area contributed by atoms with Gasteiger partial charge in [-0.15, -0.1) is 0 Å². The van der Waals surface area contributed by atoms with Crippen molar-refractivity contribution in [2.24, 2.45) is 0 Å². The third kappa shape index (κ3) is 2.62. The second-order valence-corrected chi connectivity index (χ2v) is 3.97. The molecule has 7 heteroatoms. The first-order valence-corrected chi connectivity index (χ1v) is 5.31. The molecule has 0 radical (unpaired) electrons. The summed E-state index contributed by atoms with van der Waals surface area (Å²) in [5, 5.41) is 17.2. The minimum absolute atomic E-state index is 0.0685. The third-order valence-electron chi connectivity index (χ3n) is 2.58. The van der Waals surface area contributed by atoms with Crippen molar-refractivity contribution in [2.75, 3.05) is 5.32 Å². The van der Waals surface area contributed by atoms with E-state index in [1.54, 1.807) is 0 Å². The molecule has 1 aliphatic heterocycles. The van der Waals surface area contributed by atoms with Crippen LogP contribution in [0.4, 0.5) is 5.82 Å². The predicted octanol–water partition coefficient (Wildman–Crippen LogP) is 0.614. The van der Waals surface area contributed by atoms with Crippen LogP contribution in [0.1, 0.15) is 30.3 Å². The molecule has 1 fully saturated rings. The molecule has 17 heavy (non-hydrogen) atoms.